The lowest BCUT2D eigenvalue weighted by Gasteiger charge is -2.17. The standard InChI is InChI=1S/C12H18FN3O/c1-3-16(4-2)8-7-14-12(17)11-6-5-10(13)9-15-11/h5-6,9H,3-4,7-8H2,1-2H3,(H,14,17)/i13-1. The third-order valence-corrected chi connectivity index (χ3v) is 2.57. The second-order valence-electron chi connectivity index (χ2n) is 3.64. The predicted molar refractivity (Wildman–Crippen MR) is 64.3 cm³/mol. The normalized spacial score (nSPS) is 10.6. The second-order valence-corrected chi connectivity index (χ2v) is 3.64. The van der Waals surface area contributed by atoms with Crippen LogP contribution in [-0.2, 0) is 0 Å². The van der Waals surface area contributed by atoms with Crippen LogP contribution >= 0.6 is 0 Å². The van der Waals surface area contributed by atoms with Gasteiger partial charge in [0.05, 0.1) is 6.20 Å². The summed E-state index contributed by atoms with van der Waals surface area (Å²) < 4.78 is 12.6. The van der Waals surface area contributed by atoms with E-state index in [0.717, 1.165) is 25.8 Å². The molecule has 1 N–H and O–H groups in total. The van der Waals surface area contributed by atoms with Crippen molar-refractivity contribution in [1.82, 2.24) is 15.2 Å². The number of carbonyl (C=O) groups is 1. The number of nitrogens with zero attached hydrogens (tertiary/aromatic N) is 2. The van der Waals surface area contributed by atoms with Crippen molar-refractivity contribution in [3.05, 3.63) is 29.8 Å². The van der Waals surface area contributed by atoms with Gasteiger partial charge in [-0.1, -0.05) is 13.8 Å². The van der Waals surface area contributed by atoms with Crippen molar-refractivity contribution in [2.75, 3.05) is 26.2 Å². The van der Waals surface area contributed by atoms with Crippen molar-refractivity contribution in [3.63, 3.8) is 0 Å². The Balaban J connectivity index is 2.37. The Morgan fingerprint density at radius 3 is 2.65 bits per heavy atom. The zero-order valence-corrected chi connectivity index (χ0v) is 10.2. The molecule has 0 aliphatic rings. The minimum Gasteiger partial charge on any atom is -0.349 e. The highest BCUT2D eigenvalue weighted by Gasteiger charge is 2.07. The minimum atomic E-state index is -0.440. The summed E-state index contributed by atoms with van der Waals surface area (Å²) >= 11 is 0. The van der Waals surface area contributed by atoms with Gasteiger partial charge in [0.1, 0.15) is 11.5 Å². The molecule has 1 heterocycles. The molecular weight excluding hydrogens is 220 g/mol. The Kier molecular flexibility index (Phi) is 5.56. The van der Waals surface area contributed by atoms with E-state index in [1.165, 1.54) is 12.1 Å². The zero-order valence-electron chi connectivity index (χ0n) is 10.2. The van der Waals surface area contributed by atoms with E-state index in [-0.39, 0.29) is 11.6 Å². The molecule has 0 atom stereocenters. The quantitative estimate of drug-likeness (QED) is 0.812. The van der Waals surface area contributed by atoms with E-state index in [2.05, 4.69) is 29.0 Å². The molecule has 17 heavy (non-hydrogen) atoms. The fourth-order valence-electron chi connectivity index (χ4n) is 1.47. The Hall–Kier alpha value is -1.49. The average Bonchev–Trinajstić information content (AvgIpc) is 2.35. The van der Waals surface area contributed by atoms with Gasteiger partial charge in [0.25, 0.3) is 5.91 Å². The van der Waals surface area contributed by atoms with Gasteiger partial charge >= 0.3 is 0 Å². The van der Waals surface area contributed by atoms with Crippen LogP contribution < -0.4 is 5.32 Å². The van der Waals surface area contributed by atoms with Crippen molar-refractivity contribution >= 4 is 5.91 Å². The lowest BCUT2D eigenvalue weighted by molar-refractivity contribution is 0.0944. The topological polar surface area (TPSA) is 45.2 Å². The van der Waals surface area contributed by atoms with Gasteiger partial charge in [0, 0.05) is 13.1 Å². The summed E-state index contributed by atoms with van der Waals surface area (Å²) in [7, 11) is 0. The van der Waals surface area contributed by atoms with Gasteiger partial charge in [-0.05, 0) is 25.2 Å². The van der Waals surface area contributed by atoms with Crippen LogP contribution in [0, 0.1) is 5.82 Å². The Bertz CT molecular complexity index is 349. The molecule has 0 aromatic carbocycles. The van der Waals surface area contributed by atoms with Gasteiger partial charge in [-0.3, -0.25) is 4.79 Å². The van der Waals surface area contributed by atoms with Crippen LogP contribution in [-0.4, -0.2) is 42.0 Å². The first-order chi connectivity index (χ1) is 8.17. The second kappa shape index (κ2) is 6.96. The van der Waals surface area contributed by atoms with Crippen molar-refractivity contribution in [2.45, 2.75) is 13.8 Å². The number of hydrogen-bond acceptors (Lipinski definition) is 3. The fourth-order valence-corrected chi connectivity index (χ4v) is 1.47. The van der Waals surface area contributed by atoms with E-state index in [1.807, 2.05) is 0 Å². The van der Waals surface area contributed by atoms with Crippen LogP contribution in [0.3, 0.4) is 0 Å². The summed E-state index contributed by atoms with van der Waals surface area (Å²) in [5.74, 6) is -0.707. The highest BCUT2D eigenvalue weighted by molar-refractivity contribution is 5.92. The SMILES string of the molecule is CCN(CC)CCNC(=O)c1ccc([18F])cn1. The number of aromatic nitrogens is 1. The molecule has 0 saturated carbocycles. The average molecular weight is 238 g/mol. The van der Waals surface area contributed by atoms with Crippen LogP contribution in [0.25, 0.3) is 0 Å². The van der Waals surface area contributed by atoms with Crippen molar-refractivity contribution in [1.29, 1.82) is 0 Å². The van der Waals surface area contributed by atoms with E-state index in [9.17, 15) is 9.18 Å². The molecule has 0 fully saturated rings. The van der Waals surface area contributed by atoms with Crippen molar-refractivity contribution in [3.8, 4) is 0 Å². The number of nitrogens with one attached hydrogen (secondary N) is 1. The van der Waals surface area contributed by atoms with Gasteiger partial charge < -0.3 is 10.2 Å². The van der Waals surface area contributed by atoms with Crippen LogP contribution in [0.15, 0.2) is 18.3 Å². The lowest BCUT2D eigenvalue weighted by atomic mass is 10.3. The number of likely N-dealkylation sites (N-methyl/N-ethyl adjacent to an activating group) is 1. The number of hydrogen-bond donors (Lipinski definition) is 1. The highest BCUT2D eigenvalue weighted by atomic mass is 18.2. The monoisotopic (exact) mass is 238 g/mol. The van der Waals surface area contributed by atoms with Crippen molar-refractivity contribution in [2.24, 2.45) is 0 Å². The maximum atomic E-state index is 12.6. The third-order valence-electron chi connectivity index (χ3n) is 2.57. The van der Waals surface area contributed by atoms with Gasteiger partial charge in [-0.25, -0.2) is 9.37 Å². The molecule has 0 spiro atoms. The maximum Gasteiger partial charge on any atom is 0.269 e. The molecular formula is C12H18FN3O. The zero-order chi connectivity index (χ0) is 12.7. The van der Waals surface area contributed by atoms with Crippen LogP contribution in [0.4, 0.5) is 4.39 Å². The number of pyridine rings is 1. The van der Waals surface area contributed by atoms with Crippen LogP contribution in [0.2, 0.25) is 0 Å². The van der Waals surface area contributed by atoms with E-state index in [1.54, 1.807) is 0 Å². The Labute approximate surface area is 101 Å². The summed E-state index contributed by atoms with van der Waals surface area (Å²) in [5.41, 5.74) is 0.242. The molecule has 0 bridgehead atoms. The summed E-state index contributed by atoms with van der Waals surface area (Å²) in [6.45, 7) is 7.45. The first-order valence-corrected chi connectivity index (χ1v) is 5.79. The molecule has 0 unspecified atom stereocenters. The fraction of sp³-hybridized carbons (Fsp3) is 0.500. The summed E-state index contributed by atoms with van der Waals surface area (Å²) in [4.78, 5) is 17.5. The molecule has 0 radical (unpaired) electrons. The van der Waals surface area contributed by atoms with Crippen molar-refractivity contribution < 1.29 is 9.18 Å². The molecule has 1 amide bonds. The Morgan fingerprint density at radius 2 is 2.12 bits per heavy atom. The van der Waals surface area contributed by atoms with E-state index in [0.29, 0.717) is 6.54 Å². The molecule has 0 aliphatic heterocycles. The Morgan fingerprint density at radius 1 is 1.41 bits per heavy atom. The number of rotatable bonds is 6. The van der Waals surface area contributed by atoms with E-state index in [4.69, 9.17) is 0 Å². The van der Waals surface area contributed by atoms with Gasteiger partial charge in [-0.15, -0.1) is 0 Å². The third kappa shape index (κ3) is 4.48. The van der Waals surface area contributed by atoms with Crippen LogP contribution in [0.1, 0.15) is 24.3 Å². The van der Waals surface area contributed by atoms with E-state index < -0.39 is 5.82 Å². The summed E-state index contributed by atoms with van der Waals surface area (Å²) in [5, 5.41) is 2.75. The molecule has 1 aromatic heterocycles. The molecule has 1 rings (SSSR count). The van der Waals surface area contributed by atoms with Gasteiger partial charge in [0.2, 0.25) is 0 Å². The highest BCUT2D eigenvalue weighted by Crippen LogP contribution is 1.97. The predicted octanol–water partition coefficient (Wildman–Crippen LogP) is 1.29. The number of carbonyl (C=O) groups excluding carboxylic acids is 1. The van der Waals surface area contributed by atoms with Gasteiger partial charge in [-0.2, -0.15) is 0 Å². The summed E-state index contributed by atoms with van der Waals surface area (Å²) in [6, 6.07) is 2.61. The minimum absolute atomic E-state index is 0.242. The first-order valence-electron chi connectivity index (χ1n) is 5.79. The number of halogens is 1. The molecule has 0 saturated heterocycles. The van der Waals surface area contributed by atoms with Gasteiger partial charge in [0.15, 0.2) is 0 Å². The number of amides is 1. The summed E-state index contributed by atoms with van der Waals surface area (Å²) in [6.07, 6.45) is 1.04. The van der Waals surface area contributed by atoms with Crippen LogP contribution in [0.5, 0.6) is 0 Å². The first kappa shape index (κ1) is 13.6. The maximum absolute atomic E-state index is 12.6. The molecule has 1 aromatic rings. The van der Waals surface area contributed by atoms with E-state index >= 15 is 0 Å². The molecule has 0 aliphatic carbocycles. The molecule has 94 valence electrons. The smallest absolute Gasteiger partial charge is 0.269 e. The molecule has 5 heteroatoms. The lowest BCUT2D eigenvalue weighted by Crippen LogP contribution is -2.35. The largest absolute Gasteiger partial charge is 0.349 e. The molecule has 4 nitrogen and oxygen atoms in total.